The van der Waals surface area contributed by atoms with Crippen LogP contribution in [0.1, 0.15) is 21.7 Å². The Morgan fingerprint density at radius 3 is 2.60 bits per heavy atom. The van der Waals surface area contributed by atoms with Crippen molar-refractivity contribution < 1.29 is 9.21 Å². The summed E-state index contributed by atoms with van der Waals surface area (Å²) in [6, 6.07) is 16.7. The van der Waals surface area contributed by atoms with Crippen LogP contribution >= 0.6 is 23.2 Å². The Morgan fingerprint density at radius 2 is 1.84 bits per heavy atom. The molecular weight excluding hydrogens is 357 g/mol. The highest BCUT2D eigenvalue weighted by Gasteiger charge is 2.18. The molecule has 2 heterocycles. The molecule has 25 heavy (non-hydrogen) atoms. The molecule has 0 unspecified atom stereocenters. The third-order valence-electron chi connectivity index (χ3n) is 4.12. The van der Waals surface area contributed by atoms with E-state index in [0.717, 1.165) is 16.5 Å². The van der Waals surface area contributed by atoms with Crippen molar-refractivity contribution in [2.45, 2.75) is 6.54 Å². The molecule has 4 aromatic rings. The smallest absolute Gasteiger partial charge is 0.230 e. The van der Waals surface area contributed by atoms with E-state index < -0.39 is 0 Å². The number of furan rings is 1. The Hall–Kier alpha value is -2.49. The van der Waals surface area contributed by atoms with E-state index in [0.29, 0.717) is 27.9 Å². The van der Waals surface area contributed by atoms with Crippen molar-refractivity contribution in [1.82, 2.24) is 4.57 Å². The lowest BCUT2D eigenvalue weighted by Crippen LogP contribution is -2.00. The quantitative estimate of drug-likeness (QED) is 0.424. The first kappa shape index (κ1) is 16.0. The summed E-state index contributed by atoms with van der Waals surface area (Å²) in [5.41, 5.74) is 2.60. The number of fused-ring (bicyclic) bond motifs is 1. The predicted octanol–water partition coefficient (Wildman–Crippen LogP) is 5.82. The summed E-state index contributed by atoms with van der Waals surface area (Å²) in [6.45, 7) is 0.586. The molecular formula is C20H13Cl2NO2. The summed E-state index contributed by atoms with van der Waals surface area (Å²) in [5, 5.41) is 1.93. The molecule has 0 saturated heterocycles. The highest BCUT2D eigenvalue weighted by Crippen LogP contribution is 2.27. The number of nitrogens with zero attached hydrogens (tertiary/aromatic N) is 1. The molecule has 0 aliphatic heterocycles. The second-order valence-corrected chi connectivity index (χ2v) is 6.56. The van der Waals surface area contributed by atoms with Gasteiger partial charge in [-0.05, 0) is 35.9 Å². The van der Waals surface area contributed by atoms with Gasteiger partial charge in [0.1, 0.15) is 0 Å². The van der Waals surface area contributed by atoms with Gasteiger partial charge in [0, 0.05) is 23.6 Å². The molecule has 5 heteroatoms. The average molecular weight is 370 g/mol. The molecule has 124 valence electrons. The van der Waals surface area contributed by atoms with Crippen LogP contribution < -0.4 is 0 Å². The molecule has 3 nitrogen and oxygen atoms in total. The Balaban J connectivity index is 1.79. The number of ketones is 1. The zero-order valence-corrected chi connectivity index (χ0v) is 14.6. The summed E-state index contributed by atoms with van der Waals surface area (Å²) in [7, 11) is 0. The van der Waals surface area contributed by atoms with Gasteiger partial charge >= 0.3 is 0 Å². The summed E-state index contributed by atoms with van der Waals surface area (Å²) in [4.78, 5) is 12.7. The molecule has 0 bridgehead atoms. The molecule has 0 aliphatic rings. The van der Waals surface area contributed by atoms with E-state index in [1.807, 2.05) is 47.2 Å². The van der Waals surface area contributed by atoms with Gasteiger partial charge in [-0.3, -0.25) is 4.79 Å². The van der Waals surface area contributed by atoms with E-state index in [4.69, 9.17) is 27.6 Å². The number of para-hydroxylation sites is 1. The average Bonchev–Trinajstić information content (AvgIpc) is 3.26. The van der Waals surface area contributed by atoms with Crippen molar-refractivity contribution in [3.8, 4) is 0 Å². The molecule has 2 aromatic heterocycles. The number of rotatable bonds is 4. The standard InChI is InChI=1S/C20H13Cl2NO2/c21-16-8-7-13(10-17(16)22)11-23-12-15(14-4-1-2-5-18(14)23)20(24)19-6-3-9-25-19/h1-10,12H,11H2. The fourth-order valence-electron chi connectivity index (χ4n) is 2.93. The highest BCUT2D eigenvalue weighted by atomic mass is 35.5. The number of benzene rings is 2. The predicted molar refractivity (Wildman–Crippen MR) is 99.6 cm³/mol. The molecule has 0 atom stereocenters. The second-order valence-electron chi connectivity index (χ2n) is 5.74. The zero-order chi connectivity index (χ0) is 17.4. The van der Waals surface area contributed by atoms with Crippen LogP contribution in [-0.4, -0.2) is 10.4 Å². The van der Waals surface area contributed by atoms with Crippen LogP contribution in [0.5, 0.6) is 0 Å². The van der Waals surface area contributed by atoms with Crippen LogP contribution in [0.3, 0.4) is 0 Å². The van der Waals surface area contributed by atoms with Gasteiger partial charge in [0.25, 0.3) is 0 Å². The highest BCUT2D eigenvalue weighted by molar-refractivity contribution is 6.42. The van der Waals surface area contributed by atoms with Gasteiger partial charge in [0.15, 0.2) is 5.76 Å². The van der Waals surface area contributed by atoms with Gasteiger partial charge in [-0.15, -0.1) is 0 Å². The van der Waals surface area contributed by atoms with E-state index in [2.05, 4.69) is 0 Å². The first-order valence-electron chi connectivity index (χ1n) is 7.73. The first-order valence-corrected chi connectivity index (χ1v) is 8.49. The lowest BCUT2D eigenvalue weighted by atomic mass is 10.1. The normalized spacial score (nSPS) is 11.1. The third kappa shape index (κ3) is 2.97. The molecule has 0 radical (unpaired) electrons. The van der Waals surface area contributed by atoms with Crippen LogP contribution in [0.4, 0.5) is 0 Å². The van der Waals surface area contributed by atoms with Gasteiger partial charge < -0.3 is 8.98 Å². The molecule has 0 N–H and O–H groups in total. The van der Waals surface area contributed by atoms with Crippen LogP contribution in [-0.2, 0) is 6.54 Å². The van der Waals surface area contributed by atoms with E-state index in [-0.39, 0.29) is 5.78 Å². The fraction of sp³-hybridized carbons (Fsp3) is 0.0500. The Labute approximate surface area is 154 Å². The fourth-order valence-corrected chi connectivity index (χ4v) is 3.25. The van der Waals surface area contributed by atoms with Gasteiger partial charge in [0.05, 0.1) is 21.9 Å². The van der Waals surface area contributed by atoms with Crippen molar-refractivity contribution in [2.75, 3.05) is 0 Å². The zero-order valence-electron chi connectivity index (χ0n) is 13.1. The topological polar surface area (TPSA) is 35.1 Å². The van der Waals surface area contributed by atoms with E-state index >= 15 is 0 Å². The maximum Gasteiger partial charge on any atom is 0.230 e. The molecule has 0 spiro atoms. The SMILES string of the molecule is O=C(c1ccco1)c1cn(Cc2ccc(Cl)c(Cl)c2)c2ccccc12. The van der Waals surface area contributed by atoms with Crippen LogP contribution in [0.2, 0.25) is 10.0 Å². The van der Waals surface area contributed by atoms with Gasteiger partial charge in [-0.2, -0.15) is 0 Å². The molecule has 0 aliphatic carbocycles. The van der Waals surface area contributed by atoms with E-state index in [9.17, 15) is 4.79 Å². The summed E-state index contributed by atoms with van der Waals surface area (Å²) >= 11 is 12.1. The maximum absolute atomic E-state index is 12.7. The Morgan fingerprint density at radius 1 is 1.00 bits per heavy atom. The number of carbonyl (C=O) groups excluding carboxylic acids is 1. The summed E-state index contributed by atoms with van der Waals surface area (Å²) in [5.74, 6) is 0.200. The van der Waals surface area contributed by atoms with Crippen molar-refractivity contribution in [3.05, 3.63) is 94.0 Å². The lowest BCUT2D eigenvalue weighted by Gasteiger charge is -2.06. The monoisotopic (exact) mass is 369 g/mol. The van der Waals surface area contributed by atoms with Crippen LogP contribution in [0.25, 0.3) is 10.9 Å². The van der Waals surface area contributed by atoms with Crippen LogP contribution in [0.15, 0.2) is 71.5 Å². The number of halogens is 2. The van der Waals surface area contributed by atoms with Gasteiger partial charge in [0.2, 0.25) is 5.78 Å². The van der Waals surface area contributed by atoms with Crippen molar-refractivity contribution in [1.29, 1.82) is 0 Å². The van der Waals surface area contributed by atoms with Crippen molar-refractivity contribution in [3.63, 3.8) is 0 Å². The maximum atomic E-state index is 12.7. The Bertz CT molecular complexity index is 1060. The lowest BCUT2D eigenvalue weighted by molar-refractivity contribution is 0.101. The van der Waals surface area contributed by atoms with E-state index in [1.54, 1.807) is 18.2 Å². The molecule has 0 fully saturated rings. The van der Waals surface area contributed by atoms with E-state index in [1.165, 1.54) is 6.26 Å². The molecule has 4 rings (SSSR count). The minimum atomic E-state index is -0.130. The molecule has 0 amide bonds. The largest absolute Gasteiger partial charge is 0.461 e. The minimum Gasteiger partial charge on any atom is -0.461 e. The molecule has 0 saturated carbocycles. The van der Waals surface area contributed by atoms with Crippen LogP contribution in [0, 0.1) is 0 Å². The summed E-state index contributed by atoms with van der Waals surface area (Å²) < 4.78 is 7.30. The Kier molecular flexibility index (Phi) is 4.12. The number of aromatic nitrogens is 1. The minimum absolute atomic E-state index is 0.130. The second kappa shape index (κ2) is 6.43. The number of carbonyl (C=O) groups is 1. The number of hydrogen-bond donors (Lipinski definition) is 0. The van der Waals surface area contributed by atoms with Gasteiger partial charge in [-0.1, -0.05) is 47.5 Å². The first-order chi connectivity index (χ1) is 12.1. The number of hydrogen-bond acceptors (Lipinski definition) is 2. The van der Waals surface area contributed by atoms with Gasteiger partial charge in [-0.25, -0.2) is 0 Å². The summed E-state index contributed by atoms with van der Waals surface area (Å²) in [6.07, 6.45) is 3.36. The van der Waals surface area contributed by atoms with Crippen molar-refractivity contribution in [2.24, 2.45) is 0 Å². The molecule has 2 aromatic carbocycles. The third-order valence-corrected chi connectivity index (χ3v) is 4.85. The van der Waals surface area contributed by atoms with Crippen molar-refractivity contribution >= 4 is 39.9 Å².